The highest BCUT2D eigenvalue weighted by Gasteiger charge is 2.20. The van der Waals surface area contributed by atoms with Crippen LogP contribution in [0, 0.1) is 0 Å². The number of hydrogen-bond acceptors (Lipinski definition) is 5. The maximum absolute atomic E-state index is 12.5. The molecule has 0 aliphatic carbocycles. The summed E-state index contributed by atoms with van der Waals surface area (Å²) in [5.74, 6) is -0.0502. The van der Waals surface area contributed by atoms with Crippen molar-refractivity contribution in [2.45, 2.75) is 379 Å². The number of carbonyl (C=O) groups is 2. The van der Waals surface area contributed by atoms with Gasteiger partial charge in [-0.1, -0.05) is 315 Å². The Morgan fingerprint density at radius 2 is 0.662 bits per heavy atom. The van der Waals surface area contributed by atoms with Gasteiger partial charge in [0, 0.05) is 12.8 Å². The molecule has 0 aromatic rings. The van der Waals surface area contributed by atoms with Crippen LogP contribution in [0.1, 0.15) is 367 Å². The molecule has 6 heteroatoms. The molecule has 0 radical (unpaired) electrons. The molecule has 0 spiro atoms. The van der Waals surface area contributed by atoms with E-state index >= 15 is 0 Å². The van der Waals surface area contributed by atoms with Crippen LogP contribution in [0.3, 0.4) is 0 Å². The molecule has 0 aromatic heterocycles. The van der Waals surface area contributed by atoms with Gasteiger partial charge in [-0.15, -0.1) is 0 Å². The molecule has 0 fully saturated rings. The minimum atomic E-state index is -0.674. The highest BCUT2D eigenvalue weighted by atomic mass is 16.5. The summed E-state index contributed by atoms with van der Waals surface area (Å²) in [6, 6.07) is -0.552. The number of unbranched alkanes of at least 4 members (excludes halogenated alkanes) is 48. The fraction of sp³-hybridized carbons (Fsp3) is 0.938. The highest BCUT2D eigenvalue weighted by molar-refractivity contribution is 5.76. The molecule has 71 heavy (non-hydrogen) atoms. The zero-order valence-corrected chi connectivity index (χ0v) is 48.2. The van der Waals surface area contributed by atoms with Crippen LogP contribution in [-0.4, -0.2) is 47.4 Å². The third-order valence-corrected chi connectivity index (χ3v) is 15.3. The van der Waals surface area contributed by atoms with Gasteiger partial charge in [0.1, 0.15) is 0 Å². The first-order valence-electron chi connectivity index (χ1n) is 32.4. The smallest absolute Gasteiger partial charge is 0.305 e. The van der Waals surface area contributed by atoms with E-state index in [2.05, 4.69) is 31.3 Å². The van der Waals surface area contributed by atoms with Crippen molar-refractivity contribution < 1.29 is 24.5 Å². The Morgan fingerprint density at radius 1 is 0.380 bits per heavy atom. The van der Waals surface area contributed by atoms with Crippen molar-refractivity contribution >= 4 is 11.9 Å². The van der Waals surface area contributed by atoms with Crippen molar-refractivity contribution in [3.63, 3.8) is 0 Å². The number of aliphatic hydroxyl groups is 2. The second kappa shape index (κ2) is 61.1. The summed E-state index contributed by atoms with van der Waals surface area (Å²) in [5, 5.41) is 23.4. The lowest BCUT2D eigenvalue weighted by Crippen LogP contribution is -2.45. The predicted octanol–water partition coefficient (Wildman–Crippen LogP) is 20.4. The number of aliphatic hydroxyl groups excluding tert-OH is 2. The number of nitrogens with one attached hydrogen (secondary N) is 1. The Kier molecular flexibility index (Phi) is 59.9. The monoisotopic (exact) mass is 1000 g/mol. The van der Waals surface area contributed by atoms with Gasteiger partial charge in [0.05, 0.1) is 25.4 Å². The average Bonchev–Trinajstić information content (AvgIpc) is 3.37. The van der Waals surface area contributed by atoms with Crippen LogP contribution in [-0.2, 0) is 14.3 Å². The van der Waals surface area contributed by atoms with Gasteiger partial charge in [0.15, 0.2) is 0 Å². The molecule has 0 rings (SSSR count). The van der Waals surface area contributed by atoms with Crippen LogP contribution in [0.25, 0.3) is 0 Å². The van der Waals surface area contributed by atoms with Crippen LogP contribution in [0.5, 0.6) is 0 Å². The molecule has 2 atom stereocenters. The number of esters is 1. The molecule has 0 bridgehead atoms. The zero-order chi connectivity index (χ0) is 51.4. The Morgan fingerprint density at radius 3 is 1.00 bits per heavy atom. The number of rotatable bonds is 61. The molecule has 2 unspecified atom stereocenters. The third-order valence-electron chi connectivity index (χ3n) is 15.3. The highest BCUT2D eigenvalue weighted by Crippen LogP contribution is 2.18. The zero-order valence-electron chi connectivity index (χ0n) is 48.2. The lowest BCUT2D eigenvalue weighted by molar-refractivity contribution is -0.143. The van der Waals surface area contributed by atoms with Crippen molar-refractivity contribution in [1.82, 2.24) is 5.32 Å². The van der Waals surface area contributed by atoms with Crippen LogP contribution < -0.4 is 5.32 Å². The first-order chi connectivity index (χ1) is 35.0. The van der Waals surface area contributed by atoms with E-state index in [0.29, 0.717) is 25.9 Å². The van der Waals surface area contributed by atoms with Crippen LogP contribution >= 0.6 is 0 Å². The summed E-state index contributed by atoms with van der Waals surface area (Å²) >= 11 is 0. The van der Waals surface area contributed by atoms with E-state index in [1.807, 2.05) is 0 Å². The Labute approximate surface area is 444 Å². The molecular formula is C65H127NO5. The maximum Gasteiger partial charge on any atom is 0.305 e. The minimum Gasteiger partial charge on any atom is -0.466 e. The predicted molar refractivity (Wildman–Crippen MR) is 310 cm³/mol. The third kappa shape index (κ3) is 57.7. The number of ether oxygens (including phenoxy) is 1. The molecule has 0 saturated carbocycles. The summed E-state index contributed by atoms with van der Waals surface area (Å²) < 4.78 is 5.49. The molecule has 1 amide bonds. The van der Waals surface area contributed by atoms with E-state index in [9.17, 15) is 19.8 Å². The van der Waals surface area contributed by atoms with Crippen molar-refractivity contribution in [2.75, 3.05) is 13.2 Å². The van der Waals surface area contributed by atoms with Crippen molar-refractivity contribution in [3.05, 3.63) is 12.2 Å². The summed E-state index contributed by atoms with van der Waals surface area (Å²) in [6.07, 6.45) is 73.6. The quantitative estimate of drug-likeness (QED) is 0.0320. The number of amides is 1. The second-order valence-corrected chi connectivity index (χ2v) is 22.5. The summed E-state index contributed by atoms with van der Waals surface area (Å²) in [4.78, 5) is 24.6. The largest absolute Gasteiger partial charge is 0.466 e. The molecule has 6 nitrogen and oxygen atoms in total. The van der Waals surface area contributed by atoms with Crippen molar-refractivity contribution in [1.29, 1.82) is 0 Å². The number of carbonyl (C=O) groups excluding carboxylic acids is 2. The Hall–Kier alpha value is -1.40. The minimum absolute atomic E-state index is 0.00679. The van der Waals surface area contributed by atoms with E-state index in [1.54, 1.807) is 0 Å². The molecule has 0 heterocycles. The first-order valence-corrected chi connectivity index (χ1v) is 32.4. The SMILES string of the molecule is CCCCCCCCC/C=C\CCCCCCCCCC(=O)OCCCCCCCCCCCCCCCC(=O)NC(CO)C(O)CCCCCCCCCCCCCCCCCCCCCCCCC. The lowest BCUT2D eigenvalue weighted by Gasteiger charge is -2.22. The van der Waals surface area contributed by atoms with Crippen LogP contribution in [0.2, 0.25) is 0 Å². The van der Waals surface area contributed by atoms with E-state index in [4.69, 9.17) is 4.74 Å². The van der Waals surface area contributed by atoms with Gasteiger partial charge >= 0.3 is 5.97 Å². The summed E-state index contributed by atoms with van der Waals surface area (Å²) in [6.45, 7) is 4.96. The molecule has 0 saturated heterocycles. The molecule has 0 aromatic carbocycles. The van der Waals surface area contributed by atoms with Gasteiger partial charge in [-0.3, -0.25) is 9.59 Å². The second-order valence-electron chi connectivity index (χ2n) is 22.5. The van der Waals surface area contributed by atoms with E-state index in [-0.39, 0.29) is 18.5 Å². The van der Waals surface area contributed by atoms with E-state index in [1.165, 1.54) is 283 Å². The van der Waals surface area contributed by atoms with E-state index in [0.717, 1.165) is 51.4 Å². The van der Waals surface area contributed by atoms with Crippen LogP contribution in [0.4, 0.5) is 0 Å². The Bertz CT molecular complexity index is 1060. The normalized spacial score (nSPS) is 12.6. The topological polar surface area (TPSA) is 95.9 Å². The van der Waals surface area contributed by atoms with Gasteiger partial charge in [-0.2, -0.15) is 0 Å². The number of hydrogen-bond donors (Lipinski definition) is 3. The summed E-state index contributed by atoms with van der Waals surface area (Å²) in [5.41, 5.74) is 0. The lowest BCUT2D eigenvalue weighted by atomic mass is 10.0. The Balaban J connectivity index is 3.42. The fourth-order valence-electron chi connectivity index (χ4n) is 10.3. The first kappa shape index (κ1) is 69.6. The van der Waals surface area contributed by atoms with Crippen LogP contribution in [0.15, 0.2) is 12.2 Å². The molecular weight excluding hydrogens is 875 g/mol. The molecule has 0 aliphatic rings. The van der Waals surface area contributed by atoms with Gasteiger partial charge in [-0.05, 0) is 51.4 Å². The molecule has 0 aliphatic heterocycles. The van der Waals surface area contributed by atoms with Crippen molar-refractivity contribution in [3.8, 4) is 0 Å². The van der Waals surface area contributed by atoms with Crippen molar-refractivity contribution in [2.24, 2.45) is 0 Å². The van der Waals surface area contributed by atoms with E-state index < -0.39 is 12.1 Å². The molecule has 3 N–H and O–H groups in total. The number of allylic oxidation sites excluding steroid dienone is 2. The fourth-order valence-corrected chi connectivity index (χ4v) is 10.3. The maximum atomic E-state index is 12.5. The van der Waals surface area contributed by atoms with Gasteiger partial charge in [0.2, 0.25) is 5.91 Å². The van der Waals surface area contributed by atoms with Gasteiger partial charge < -0.3 is 20.3 Å². The molecule has 422 valence electrons. The van der Waals surface area contributed by atoms with Gasteiger partial charge in [-0.25, -0.2) is 0 Å². The standard InChI is InChI=1S/C65H127NO5/c1-3-5-7-9-11-13-15-17-19-21-23-24-25-26-27-28-30-33-37-41-45-49-53-57-63(68)62(61-67)66-64(69)58-54-50-46-42-38-34-32-36-40-44-48-52-56-60-71-65(70)59-55-51-47-43-39-35-31-29-22-20-18-16-14-12-10-8-6-4-2/h20,22,62-63,67-68H,3-19,21,23-61H2,1-2H3,(H,66,69)/b22-20-. The van der Waals surface area contributed by atoms with Gasteiger partial charge in [0.25, 0.3) is 0 Å². The summed E-state index contributed by atoms with van der Waals surface area (Å²) in [7, 11) is 0. The average molecular weight is 1000 g/mol.